The van der Waals surface area contributed by atoms with Gasteiger partial charge in [-0.15, -0.1) is 0 Å². The Balaban J connectivity index is 2.66. The zero-order valence-electron chi connectivity index (χ0n) is 8.18. The Morgan fingerprint density at radius 1 is 1.31 bits per heavy atom. The van der Waals surface area contributed by atoms with Crippen molar-refractivity contribution in [3.05, 3.63) is 34.4 Å². The number of Topliss-reactive ketones (excluding diaryl/α,β-unsaturated/α-hetero) is 1. The van der Waals surface area contributed by atoms with Gasteiger partial charge < -0.3 is 0 Å². The highest BCUT2D eigenvalue weighted by atomic mass is 16.1. The van der Waals surface area contributed by atoms with Crippen molar-refractivity contribution in [1.29, 1.82) is 0 Å². The molecule has 1 aliphatic rings. The van der Waals surface area contributed by atoms with Crippen LogP contribution in [-0.2, 0) is 12.8 Å². The summed E-state index contributed by atoms with van der Waals surface area (Å²) in [6.45, 7) is 4.20. The summed E-state index contributed by atoms with van der Waals surface area (Å²) in [5, 5.41) is 0. The number of aryl methyl sites for hydroxylation is 2. The van der Waals surface area contributed by atoms with E-state index in [9.17, 15) is 4.79 Å². The number of carbonyl (C=O) groups excluding carboxylic acids is 1. The maximum atomic E-state index is 11.6. The van der Waals surface area contributed by atoms with Crippen LogP contribution in [0.2, 0.25) is 0 Å². The van der Waals surface area contributed by atoms with Gasteiger partial charge in [0, 0.05) is 12.0 Å². The molecule has 0 aromatic heterocycles. The Morgan fingerprint density at radius 2 is 2.08 bits per heavy atom. The fourth-order valence-electron chi connectivity index (χ4n) is 2.13. The van der Waals surface area contributed by atoms with Crippen LogP contribution < -0.4 is 0 Å². The molecule has 1 aromatic rings. The first-order chi connectivity index (χ1) is 6.24. The second-order valence-electron chi connectivity index (χ2n) is 3.67. The van der Waals surface area contributed by atoms with Crippen molar-refractivity contribution in [3.63, 3.8) is 0 Å². The van der Waals surface area contributed by atoms with Gasteiger partial charge in [-0.25, -0.2) is 0 Å². The predicted molar refractivity (Wildman–Crippen MR) is 53.2 cm³/mol. The van der Waals surface area contributed by atoms with Crippen molar-refractivity contribution < 1.29 is 4.79 Å². The first-order valence-electron chi connectivity index (χ1n) is 4.88. The molecule has 0 heterocycles. The van der Waals surface area contributed by atoms with Crippen LogP contribution in [0.5, 0.6) is 0 Å². The highest BCUT2D eigenvalue weighted by Crippen LogP contribution is 2.28. The van der Waals surface area contributed by atoms with Crippen LogP contribution >= 0.6 is 0 Å². The molecular formula is C12H14O. The molecule has 0 unspecified atom stereocenters. The molecule has 1 aromatic carbocycles. The van der Waals surface area contributed by atoms with E-state index in [1.165, 1.54) is 16.7 Å². The van der Waals surface area contributed by atoms with Gasteiger partial charge in [0.05, 0.1) is 0 Å². The summed E-state index contributed by atoms with van der Waals surface area (Å²) in [5.41, 5.74) is 4.83. The van der Waals surface area contributed by atoms with Crippen molar-refractivity contribution in [2.24, 2.45) is 0 Å². The van der Waals surface area contributed by atoms with Gasteiger partial charge in [0.1, 0.15) is 0 Å². The van der Waals surface area contributed by atoms with Gasteiger partial charge in [0.25, 0.3) is 0 Å². The molecule has 2 rings (SSSR count). The largest absolute Gasteiger partial charge is 0.294 e. The maximum absolute atomic E-state index is 11.6. The van der Waals surface area contributed by atoms with Gasteiger partial charge in [-0.1, -0.05) is 19.1 Å². The lowest BCUT2D eigenvalue weighted by atomic mass is 9.97. The van der Waals surface area contributed by atoms with Gasteiger partial charge in [-0.3, -0.25) is 4.79 Å². The summed E-state index contributed by atoms with van der Waals surface area (Å²) < 4.78 is 0. The number of carbonyl (C=O) groups is 1. The predicted octanol–water partition coefficient (Wildman–Crippen LogP) is 2.69. The molecule has 0 atom stereocenters. The quantitative estimate of drug-likeness (QED) is 0.639. The minimum absolute atomic E-state index is 0.343. The van der Waals surface area contributed by atoms with E-state index in [2.05, 4.69) is 26.0 Å². The molecule has 0 radical (unpaired) electrons. The van der Waals surface area contributed by atoms with Gasteiger partial charge in [0.2, 0.25) is 0 Å². The molecule has 0 fully saturated rings. The molecule has 0 spiro atoms. The summed E-state index contributed by atoms with van der Waals surface area (Å²) in [7, 11) is 0. The van der Waals surface area contributed by atoms with Crippen LogP contribution in [0.3, 0.4) is 0 Å². The molecule has 0 aliphatic heterocycles. The van der Waals surface area contributed by atoms with E-state index in [0.717, 1.165) is 18.4 Å². The normalized spacial score (nSPS) is 14.8. The summed E-state index contributed by atoms with van der Waals surface area (Å²) in [4.78, 5) is 11.6. The zero-order valence-corrected chi connectivity index (χ0v) is 8.18. The van der Waals surface area contributed by atoms with Crippen molar-refractivity contribution >= 4 is 5.78 Å². The summed E-state index contributed by atoms with van der Waals surface area (Å²) >= 11 is 0. The molecule has 0 saturated carbocycles. The highest BCUT2D eigenvalue weighted by Gasteiger charge is 2.23. The SMILES string of the molecule is CCc1ccc(C)c2c1C(=O)CC2. The van der Waals surface area contributed by atoms with E-state index in [0.29, 0.717) is 12.2 Å². The van der Waals surface area contributed by atoms with Crippen LogP contribution in [0.4, 0.5) is 0 Å². The number of hydrogen-bond donors (Lipinski definition) is 0. The molecular weight excluding hydrogens is 160 g/mol. The third kappa shape index (κ3) is 1.19. The number of benzene rings is 1. The van der Waals surface area contributed by atoms with Crippen LogP contribution in [0.25, 0.3) is 0 Å². The molecule has 0 N–H and O–H groups in total. The minimum atomic E-state index is 0.343. The molecule has 0 bridgehead atoms. The lowest BCUT2D eigenvalue weighted by Gasteiger charge is -2.07. The van der Waals surface area contributed by atoms with E-state index in [1.807, 2.05) is 0 Å². The van der Waals surface area contributed by atoms with E-state index in [1.54, 1.807) is 0 Å². The number of rotatable bonds is 1. The van der Waals surface area contributed by atoms with Crippen LogP contribution in [0, 0.1) is 6.92 Å². The smallest absolute Gasteiger partial charge is 0.163 e. The fraction of sp³-hybridized carbons (Fsp3) is 0.417. The lowest BCUT2D eigenvalue weighted by molar-refractivity contribution is 0.0994. The Hall–Kier alpha value is -1.11. The molecule has 68 valence electrons. The van der Waals surface area contributed by atoms with E-state index in [4.69, 9.17) is 0 Å². The van der Waals surface area contributed by atoms with Gasteiger partial charge >= 0.3 is 0 Å². The van der Waals surface area contributed by atoms with E-state index < -0.39 is 0 Å². The van der Waals surface area contributed by atoms with Crippen LogP contribution in [-0.4, -0.2) is 5.78 Å². The van der Waals surface area contributed by atoms with Crippen LogP contribution in [0.15, 0.2) is 12.1 Å². The summed E-state index contributed by atoms with van der Waals surface area (Å²) in [6.07, 6.45) is 2.63. The number of fused-ring (bicyclic) bond motifs is 1. The first kappa shape index (κ1) is 8.49. The average Bonchev–Trinajstić information content (AvgIpc) is 2.51. The third-order valence-electron chi connectivity index (χ3n) is 2.90. The Kier molecular flexibility index (Phi) is 1.95. The maximum Gasteiger partial charge on any atom is 0.163 e. The second kappa shape index (κ2) is 2.99. The molecule has 0 amide bonds. The fourth-order valence-corrected chi connectivity index (χ4v) is 2.13. The van der Waals surface area contributed by atoms with Crippen LogP contribution in [0.1, 0.15) is 40.4 Å². The standard InChI is InChI=1S/C12H14O/c1-3-9-5-4-8(2)10-6-7-11(13)12(9)10/h4-5H,3,6-7H2,1-2H3. The number of ketones is 1. The summed E-state index contributed by atoms with van der Waals surface area (Å²) in [5.74, 6) is 0.343. The van der Waals surface area contributed by atoms with Crippen molar-refractivity contribution in [1.82, 2.24) is 0 Å². The zero-order chi connectivity index (χ0) is 9.42. The topological polar surface area (TPSA) is 17.1 Å². The number of hydrogen-bond acceptors (Lipinski definition) is 1. The monoisotopic (exact) mass is 174 g/mol. The highest BCUT2D eigenvalue weighted by molar-refractivity contribution is 6.02. The first-order valence-corrected chi connectivity index (χ1v) is 4.88. The van der Waals surface area contributed by atoms with Crippen molar-refractivity contribution in [2.45, 2.75) is 33.1 Å². The molecule has 13 heavy (non-hydrogen) atoms. The average molecular weight is 174 g/mol. The molecule has 1 heteroatoms. The third-order valence-corrected chi connectivity index (χ3v) is 2.90. The Labute approximate surface area is 78.8 Å². The minimum Gasteiger partial charge on any atom is -0.294 e. The van der Waals surface area contributed by atoms with Gasteiger partial charge in [0.15, 0.2) is 5.78 Å². The van der Waals surface area contributed by atoms with Crippen molar-refractivity contribution in [3.8, 4) is 0 Å². The second-order valence-corrected chi connectivity index (χ2v) is 3.67. The Bertz CT molecular complexity index is 364. The summed E-state index contributed by atoms with van der Waals surface area (Å²) in [6, 6.07) is 4.23. The van der Waals surface area contributed by atoms with E-state index in [-0.39, 0.29) is 0 Å². The molecule has 1 aliphatic carbocycles. The Morgan fingerprint density at radius 3 is 2.77 bits per heavy atom. The van der Waals surface area contributed by atoms with Gasteiger partial charge in [-0.2, -0.15) is 0 Å². The van der Waals surface area contributed by atoms with E-state index >= 15 is 0 Å². The van der Waals surface area contributed by atoms with Crippen molar-refractivity contribution in [2.75, 3.05) is 0 Å². The molecule has 1 nitrogen and oxygen atoms in total. The molecule has 0 saturated heterocycles. The lowest BCUT2D eigenvalue weighted by Crippen LogP contribution is -1.99. The van der Waals surface area contributed by atoms with Gasteiger partial charge in [-0.05, 0) is 36.5 Å².